The molecule has 0 amide bonds. The normalized spacial score (nSPS) is 23.3. The smallest absolute Gasteiger partial charge is 0.0527 e. The molecule has 2 aliphatic rings. The summed E-state index contributed by atoms with van der Waals surface area (Å²) in [5.74, 6) is 0. The van der Waals surface area contributed by atoms with Crippen molar-refractivity contribution in [1.29, 1.82) is 0 Å². The quantitative estimate of drug-likeness (QED) is 0.382. The van der Waals surface area contributed by atoms with Gasteiger partial charge in [-0.2, -0.15) is 0 Å². The summed E-state index contributed by atoms with van der Waals surface area (Å²) in [6, 6.07) is 0. The lowest BCUT2D eigenvalue weighted by Gasteiger charge is -2.10. The van der Waals surface area contributed by atoms with Crippen molar-refractivity contribution in [3.8, 4) is 0 Å². The third kappa shape index (κ3) is 1.59. The molecule has 0 radical (unpaired) electrons. The van der Waals surface area contributed by atoms with Gasteiger partial charge in [0, 0.05) is 12.2 Å². The second-order valence-electron chi connectivity index (χ2n) is 3.14. The summed E-state index contributed by atoms with van der Waals surface area (Å²) in [5.41, 5.74) is 1.70. The van der Waals surface area contributed by atoms with Crippen molar-refractivity contribution in [1.82, 2.24) is 0 Å². The number of allylic oxidation sites excluding steroid dienone is 3. The van der Waals surface area contributed by atoms with Crippen LogP contribution in [0.1, 0.15) is 32.1 Å². The largest absolute Gasteiger partial charge is 0.230 e. The van der Waals surface area contributed by atoms with E-state index in [1.165, 1.54) is 37.0 Å². The Morgan fingerprint density at radius 2 is 1.91 bits per heavy atom. The van der Waals surface area contributed by atoms with Crippen LogP contribution in [-0.2, 0) is 11.4 Å². The average Bonchev–Trinajstić information content (AvgIpc) is 2.58. The van der Waals surface area contributed by atoms with Gasteiger partial charge in [-0.3, -0.25) is 0 Å². The number of hydrogen-bond acceptors (Lipinski definition) is 0. The van der Waals surface area contributed by atoms with E-state index >= 15 is 0 Å². The van der Waals surface area contributed by atoms with Gasteiger partial charge in [0.2, 0.25) is 16.3 Å². The van der Waals surface area contributed by atoms with E-state index in [1.54, 1.807) is 5.57 Å². The van der Waals surface area contributed by atoms with Crippen LogP contribution in [0.15, 0.2) is 22.6 Å². The summed E-state index contributed by atoms with van der Waals surface area (Å²) in [6.45, 7) is 0. The van der Waals surface area contributed by atoms with Gasteiger partial charge in [-0.05, 0) is 31.3 Å². The van der Waals surface area contributed by atoms with Crippen molar-refractivity contribution in [3.05, 3.63) is 22.6 Å². The van der Waals surface area contributed by atoms with E-state index in [9.17, 15) is 0 Å². The molecular weight excluding hydrogens is 152 g/mol. The molecule has 11 heavy (non-hydrogen) atoms. The van der Waals surface area contributed by atoms with E-state index in [0.717, 1.165) is 0 Å². The van der Waals surface area contributed by atoms with Crippen molar-refractivity contribution in [3.63, 3.8) is 0 Å². The van der Waals surface area contributed by atoms with E-state index in [2.05, 4.69) is 17.5 Å². The Morgan fingerprint density at radius 1 is 1.09 bits per heavy atom. The first-order chi connectivity index (χ1) is 5.47. The SMILES string of the molecule is C1=CC(=C2CCCCC2)[S+]=C1. The molecule has 0 spiro atoms. The predicted molar refractivity (Wildman–Crippen MR) is 52.7 cm³/mol. The van der Waals surface area contributed by atoms with E-state index in [-0.39, 0.29) is 0 Å². The van der Waals surface area contributed by atoms with Crippen LogP contribution in [0.25, 0.3) is 0 Å². The molecular formula is C10H13S+. The Morgan fingerprint density at radius 3 is 2.55 bits per heavy atom. The molecule has 1 aliphatic heterocycles. The summed E-state index contributed by atoms with van der Waals surface area (Å²) in [6.07, 6.45) is 11.4. The summed E-state index contributed by atoms with van der Waals surface area (Å²) >= 11 is 1.89. The minimum atomic E-state index is 1.35. The molecule has 1 heterocycles. The fraction of sp³-hybridized carbons (Fsp3) is 0.500. The van der Waals surface area contributed by atoms with Crippen LogP contribution in [0.2, 0.25) is 0 Å². The van der Waals surface area contributed by atoms with Gasteiger partial charge in [0.1, 0.15) is 0 Å². The second-order valence-corrected chi connectivity index (χ2v) is 4.09. The number of hydrogen-bond donors (Lipinski definition) is 0. The Balaban J connectivity index is 2.17. The first kappa shape index (κ1) is 7.23. The fourth-order valence-corrected chi connectivity index (χ4v) is 2.54. The highest BCUT2D eigenvalue weighted by Gasteiger charge is 2.17. The second kappa shape index (κ2) is 3.31. The number of rotatable bonds is 0. The first-order valence-electron chi connectivity index (χ1n) is 4.35. The molecule has 1 fully saturated rings. The molecule has 1 aliphatic carbocycles. The summed E-state index contributed by atoms with van der Waals surface area (Å²) in [4.78, 5) is 1.53. The zero-order valence-electron chi connectivity index (χ0n) is 6.68. The van der Waals surface area contributed by atoms with Crippen LogP contribution in [0.5, 0.6) is 0 Å². The molecule has 0 N–H and O–H groups in total. The van der Waals surface area contributed by atoms with Crippen molar-refractivity contribution in [2.24, 2.45) is 0 Å². The van der Waals surface area contributed by atoms with Crippen LogP contribution in [0.3, 0.4) is 0 Å². The molecule has 1 heteroatoms. The van der Waals surface area contributed by atoms with Crippen LogP contribution < -0.4 is 0 Å². The molecule has 0 unspecified atom stereocenters. The third-order valence-electron chi connectivity index (χ3n) is 2.33. The minimum absolute atomic E-state index is 1.35. The molecule has 0 atom stereocenters. The molecule has 0 bridgehead atoms. The molecule has 0 nitrogen and oxygen atoms in total. The highest BCUT2D eigenvalue weighted by atomic mass is 32.1. The van der Waals surface area contributed by atoms with Crippen molar-refractivity contribution in [2.75, 3.05) is 0 Å². The fourth-order valence-electron chi connectivity index (χ4n) is 1.70. The molecule has 0 aromatic rings. The molecule has 0 aromatic carbocycles. The van der Waals surface area contributed by atoms with Gasteiger partial charge in [-0.1, -0.05) is 6.42 Å². The van der Waals surface area contributed by atoms with E-state index in [4.69, 9.17) is 0 Å². The highest BCUT2D eigenvalue weighted by molar-refractivity contribution is 7.82. The lowest BCUT2D eigenvalue weighted by molar-refractivity contribution is 0.598. The Labute approximate surface area is 72.0 Å². The predicted octanol–water partition coefficient (Wildman–Crippen LogP) is 2.66. The molecule has 1 saturated carbocycles. The van der Waals surface area contributed by atoms with Gasteiger partial charge in [0.15, 0.2) is 5.37 Å². The van der Waals surface area contributed by atoms with Gasteiger partial charge in [0.05, 0.1) is 0 Å². The Kier molecular flexibility index (Phi) is 2.18. The molecule has 58 valence electrons. The van der Waals surface area contributed by atoms with Crippen LogP contribution in [-0.4, -0.2) is 5.37 Å². The Bertz CT molecular complexity index is 211. The maximum absolute atomic E-state index is 2.26. The van der Waals surface area contributed by atoms with Gasteiger partial charge in [-0.25, -0.2) is 0 Å². The van der Waals surface area contributed by atoms with Gasteiger partial charge >= 0.3 is 0 Å². The standard InChI is InChI=1S/C10H13S/c1-2-5-9(6-3-1)10-7-4-8-11-10/h4,7-8H,1-3,5-6H2/q+1. The van der Waals surface area contributed by atoms with Gasteiger partial charge in [0.25, 0.3) is 0 Å². The minimum Gasteiger partial charge on any atom is -0.0527 e. The summed E-state index contributed by atoms with van der Waals surface area (Å²) in [5, 5.41) is 2.18. The van der Waals surface area contributed by atoms with Gasteiger partial charge < -0.3 is 0 Å². The van der Waals surface area contributed by atoms with E-state index < -0.39 is 0 Å². The molecule has 0 saturated heterocycles. The first-order valence-corrected chi connectivity index (χ1v) is 5.23. The summed E-state index contributed by atoms with van der Waals surface area (Å²) < 4.78 is 0. The van der Waals surface area contributed by atoms with Crippen LogP contribution in [0, 0.1) is 0 Å². The van der Waals surface area contributed by atoms with Crippen LogP contribution in [0.4, 0.5) is 0 Å². The lowest BCUT2D eigenvalue weighted by Crippen LogP contribution is -1.96. The van der Waals surface area contributed by atoms with Crippen LogP contribution >= 0.6 is 0 Å². The zero-order valence-corrected chi connectivity index (χ0v) is 7.49. The van der Waals surface area contributed by atoms with Crippen molar-refractivity contribution in [2.45, 2.75) is 32.1 Å². The average molecular weight is 165 g/mol. The monoisotopic (exact) mass is 165 g/mol. The summed E-state index contributed by atoms with van der Waals surface area (Å²) in [7, 11) is 0. The van der Waals surface area contributed by atoms with E-state index in [1.807, 2.05) is 11.4 Å². The molecule has 2 rings (SSSR count). The van der Waals surface area contributed by atoms with Gasteiger partial charge in [-0.15, -0.1) is 0 Å². The van der Waals surface area contributed by atoms with Crippen molar-refractivity contribution >= 4 is 16.7 Å². The van der Waals surface area contributed by atoms with E-state index in [0.29, 0.717) is 0 Å². The topological polar surface area (TPSA) is 0 Å². The zero-order chi connectivity index (χ0) is 7.52. The third-order valence-corrected chi connectivity index (χ3v) is 3.30. The Hall–Kier alpha value is -0.430. The maximum atomic E-state index is 2.26. The highest BCUT2D eigenvalue weighted by Crippen LogP contribution is 2.26. The maximum Gasteiger partial charge on any atom is 0.230 e. The molecule has 0 aromatic heterocycles. The lowest BCUT2D eigenvalue weighted by atomic mass is 9.94. The van der Waals surface area contributed by atoms with Crippen molar-refractivity contribution < 1.29 is 0 Å².